The van der Waals surface area contributed by atoms with E-state index in [2.05, 4.69) is 4.98 Å². The van der Waals surface area contributed by atoms with Crippen LogP contribution in [0.4, 0.5) is 13.2 Å². The van der Waals surface area contributed by atoms with Crippen LogP contribution in [0, 0.1) is 5.92 Å². The van der Waals surface area contributed by atoms with Crippen molar-refractivity contribution in [3.05, 3.63) is 53.1 Å². The maximum absolute atomic E-state index is 13.1. The first-order chi connectivity index (χ1) is 15.3. The molecule has 0 unspecified atom stereocenters. The van der Waals surface area contributed by atoms with Gasteiger partial charge in [-0.25, -0.2) is 4.98 Å². The molecule has 0 aliphatic carbocycles. The minimum atomic E-state index is -4.37. The topological polar surface area (TPSA) is 64.4 Å². The summed E-state index contributed by atoms with van der Waals surface area (Å²) in [6.07, 6.45) is -0.0205. The monoisotopic (exact) mass is 449 g/mol. The Morgan fingerprint density at radius 1 is 1.22 bits per heavy atom. The van der Waals surface area contributed by atoms with Gasteiger partial charge in [-0.3, -0.25) is 9.59 Å². The Labute approximate surface area is 184 Å². The Morgan fingerprint density at radius 2 is 2.03 bits per heavy atom. The fourth-order valence-corrected chi connectivity index (χ4v) is 4.56. The number of amides is 1. The van der Waals surface area contributed by atoms with E-state index >= 15 is 0 Å². The number of aryl methyl sites for hydroxylation is 1. The van der Waals surface area contributed by atoms with E-state index in [4.69, 9.17) is 4.74 Å². The van der Waals surface area contributed by atoms with E-state index < -0.39 is 11.7 Å². The highest BCUT2D eigenvalue weighted by atomic mass is 19.4. The van der Waals surface area contributed by atoms with Gasteiger partial charge in [-0.1, -0.05) is 18.2 Å². The molecule has 9 heteroatoms. The molecule has 1 aromatic carbocycles. The summed E-state index contributed by atoms with van der Waals surface area (Å²) in [6.45, 7) is 3.41. The van der Waals surface area contributed by atoms with E-state index in [0.29, 0.717) is 56.8 Å². The maximum atomic E-state index is 13.1. The highest BCUT2D eigenvalue weighted by Crippen LogP contribution is 2.34. The van der Waals surface area contributed by atoms with Crippen molar-refractivity contribution in [2.75, 3.05) is 19.7 Å². The molecule has 4 rings (SSSR count). The molecule has 0 saturated carbocycles. The second-order valence-electron chi connectivity index (χ2n) is 8.40. The Kier molecular flexibility index (Phi) is 6.26. The lowest BCUT2D eigenvalue weighted by molar-refractivity contribution is -0.149. The minimum absolute atomic E-state index is 0.0786. The summed E-state index contributed by atoms with van der Waals surface area (Å²) in [4.78, 5) is 31.2. The summed E-state index contributed by atoms with van der Waals surface area (Å²) in [5, 5.41) is 0. The number of carbonyl (C=O) groups excluding carboxylic acids is 2. The van der Waals surface area contributed by atoms with E-state index in [9.17, 15) is 22.8 Å². The molecule has 2 aliphatic rings. The molecule has 0 spiro atoms. The predicted molar refractivity (Wildman–Crippen MR) is 110 cm³/mol. The van der Waals surface area contributed by atoms with Crippen LogP contribution >= 0.6 is 0 Å². The number of piperidine rings is 1. The van der Waals surface area contributed by atoms with E-state index in [1.807, 2.05) is 4.57 Å². The van der Waals surface area contributed by atoms with Gasteiger partial charge in [0.1, 0.15) is 11.5 Å². The van der Waals surface area contributed by atoms with Gasteiger partial charge in [0.15, 0.2) is 0 Å². The summed E-state index contributed by atoms with van der Waals surface area (Å²) >= 11 is 0. The van der Waals surface area contributed by atoms with E-state index in [0.717, 1.165) is 18.3 Å². The lowest BCUT2D eigenvalue weighted by Crippen LogP contribution is -2.43. The third-order valence-electron chi connectivity index (χ3n) is 6.23. The van der Waals surface area contributed by atoms with Crippen molar-refractivity contribution in [2.24, 2.45) is 5.92 Å². The molecule has 1 amide bonds. The van der Waals surface area contributed by atoms with Crippen LogP contribution in [-0.4, -0.2) is 46.0 Å². The number of ether oxygens (including phenoxy) is 1. The van der Waals surface area contributed by atoms with Crippen LogP contribution in [0.3, 0.4) is 0 Å². The highest BCUT2D eigenvalue weighted by molar-refractivity contribution is 5.92. The molecule has 3 heterocycles. The summed E-state index contributed by atoms with van der Waals surface area (Å²) in [6, 6.07) is 5.44. The molecule has 2 aromatic rings. The third kappa shape index (κ3) is 4.66. The van der Waals surface area contributed by atoms with Gasteiger partial charge in [0.25, 0.3) is 5.91 Å². The molecule has 32 heavy (non-hydrogen) atoms. The number of fused-ring (bicyclic) bond motifs is 1. The molecular formula is C23H26F3N3O3. The van der Waals surface area contributed by atoms with Gasteiger partial charge < -0.3 is 14.2 Å². The molecule has 0 N–H and O–H groups in total. The number of likely N-dealkylation sites (tertiary alicyclic amines) is 1. The third-order valence-corrected chi connectivity index (χ3v) is 6.23. The number of carbonyl (C=O) groups is 2. The Bertz CT molecular complexity index is 1000. The summed E-state index contributed by atoms with van der Waals surface area (Å²) < 4.78 is 46.2. The standard InChI is InChI=1S/C23H26F3N3O3/c1-2-32-22(31)17-6-4-10-28(13-17)21(30)19-14-29-12-16(8-9-20(29)27-19)15-5-3-7-18(11-15)23(24,25)26/h3,5,7,11,14,16-17H,2,4,6,8-10,12-13H2,1H3/t16-,17+/m0/s1. The van der Waals surface area contributed by atoms with Crippen molar-refractivity contribution in [3.8, 4) is 0 Å². The van der Waals surface area contributed by atoms with Gasteiger partial charge in [-0.15, -0.1) is 0 Å². The number of hydrogen-bond acceptors (Lipinski definition) is 4. The fourth-order valence-electron chi connectivity index (χ4n) is 4.56. The van der Waals surface area contributed by atoms with Crippen LogP contribution in [0.1, 0.15) is 59.5 Å². The van der Waals surface area contributed by atoms with Crippen molar-refractivity contribution in [2.45, 2.75) is 51.2 Å². The van der Waals surface area contributed by atoms with E-state index in [1.54, 1.807) is 24.1 Å². The normalized spacial score (nSPS) is 21.2. The molecule has 1 saturated heterocycles. The highest BCUT2D eigenvalue weighted by Gasteiger charge is 2.33. The zero-order valence-corrected chi connectivity index (χ0v) is 17.9. The smallest absolute Gasteiger partial charge is 0.416 e. The second-order valence-corrected chi connectivity index (χ2v) is 8.40. The van der Waals surface area contributed by atoms with Crippen molar-refractivity contribution in [3.63, 3.8) is 0 Å². The molecule has 2 atom stereocenters. The zero-order valence-electron chi connectivity index (χ0n) is 17.9. The quantitative estimate of drug-likeness (QED) is 0.661. The van der Waals surface area contributed by atoms with Gasteiger partial charge >= 0.3 is 12.1 Å². The SMILES string of the molecule is CCOC(=O)[C@@H]1CCCN(C(=O)c2cn3c(n2)CC[C@H](c2cccc(C(F)(F)F)c2)C3)C1. The first-order valence-electron chi connectivity index (χ1n) is 11.0. The van der Waals surface area contributed by atoms with Crippen LogP contribution in [0.2, 0.25) is 0 Å². The summed E-state index contributed by atoms with van der Waals surface area (Å²) in [5.41, 5.74) is 0.304. The molecule has 1 fully saturated rings. The fraction of sp³-hybridized carbons (Fsp3) is 0.522. The molecule has 2 aliphatic heterocycles. The maximum Gasteiger partial charge on any atom is 0.416 e. The van der Waals surface area contributed by atoms with Crippen molar-refractivity contribution < 1.29 is 27.5 Å². The van der Waals surface area contributed by atoms with Gasteiger partial charge in [0.2, 0.25) is 0 Å². The lowest BCUT2D eigenvalue weighted by Gasteiger charge is -2.31. The average molecular weight is 449 g/mol. The van der Waals surface area contributed by atoms with Crippen LogP contribution in [-0.2, 0) is 28.7 Å². The van der Waals surface area contributed by atoms with Crippen LogP contribution in [0.15, 0.2) is 30.5 Å². The second kappa shape index (κ2) is 8.96. The summed E-state index contributed by atoms with van der Waals surface area (Å²) in [7, 11) is 0. The number of halogens is 3. The van der Waals surface area contributed by atoms with Crippen LogP contribution in [0.25, 0.3) is 0 Å². The van der Waals surface area contributed by atoms with E-state index in [1.165, 1.54) is 12.1 Å². The van der Waals surface area contributed by atoms with Crippen molar-refractivity contribution in [1.82, 2.24) is 14.5 Å². The molecular weight excluding hydrogens is 423 g/mol. The number of alkyl halides is 3. The number of esters is 1. The molecule has 1 aromatic heterocycles. The summed E-state index contributed by atoms with van der Waals surface area (Å²) in [5.74, 6) is -0.148. The number of rotatable bonds is 4. The minimum Gasteiger partial charge on any atom is -0.466 e. The van der Waals surface area contributed by atoms with Gasteiger partial charge in [-0.05, 0) is 37.8 Å². The largest absolute Gasteiger partial charge is 0.466 e. The molecule has 6 nitrogen and oxygen atoms in total. The lowest BCUT2D eigenvalue weighted by atomic mass is 9.90. The first kappa shape index (κ1) is 22.4. The number of hydrogen-bond donors (Lipinski definition) is 0. The number of imidazole rings is 1. The van der Waals surface area contributed by atoms with Gasteiger partial charge in [-0.2, -0.15) is 13.2 Å². The Hall–Kier alpha value is -2.84. The van der Waals surface area contributed by atoms with Gasteiger partial charge in [0, 0.05) is 38.2 Å². The average Bonchev–Trinajstić information content (AvgIpc) is 3.22. The number of aromatic nitrogens is 2. The number of benzene rings is 1. The van der Waals surface area contributed by atoms with Crippen LogP contribution < -0.4 is 0 Å². The Morgan fingerprint density at radius 3 is 2.78 bits per heavy atom. The predicted octanol–water partition coefficient (Wildman–Crippen LogP) is 4.05. The van der Waals surface area contributed by atoms with Gasteiger partial charge in [0.05, 0.1) is 18.1 Å². The zero-order chi connectivity index (χ0) is 22.9. The number of nitrogens with zero attached hydrogens (tertiary/aromatic N) is 3. The Balaban J connectivity index is 1.47. The van der Waals surface area contributed by atoms with E-state index in [-0.39, 0.29) is 23.7 Å². The first-order valence-corrected chi connectivity index (χ1v) is 11.0. The van der Waals surface area contributed by atoms with Crippen molar-refractivity contribution in [1.29, 1.82) is 0 Å². The van der Waals surface area contributed by atoms with Crippen molar-refractivity contribution >= 4 is 11.9 Å². The molecule has 0 bridgehead atoms. The molecule has 172 valence electrons. The van der Waals surface area contributed by atoms with Crippen LogP contribution in [0.5, 0.6) is 0 Å². The molecule has 0 radical (unpaired) electrons.